The highest BCUT2D eigenvalue weighted by molar-refractivity contribution is 5.91. The smallest absolute Gasteiger partial charge is 0.287 e. The zero-order valence-electron chi connectivity index (χ0n) is 16.3. The number of pyridine rings is 1. The molecular weight excluding hydrogens is 366 g/mol. The normalized spacial score (nSPS) is 15.3. The summed E-state index contributed by atoms with van der Waals surface area (Å²) in [6.45, 7) is 3.21. The first-order valence-electron chi connectivity index (χ1n) is 10.0. The van der Waals surface area contributed by atoms with Gasteiger partial charge in [-0.05, 0) is 49.7 Å². The second kappa shape index (κ2) is 8.92. The molecule has 29 heavy (non-hydrogen) atoms. The minimum Gasteiger partial charge on any atom is -0.454 e. The zero-order valence-corrected chi connectivity index (χ0v) is 16.3. The van der Waals surface area contributed by atoms with Gasteiger partial charge in [0.1, 0.15) is 5.76 Å². The number of nitrogens with zero attached hydrogens (tertiary/aromatic N) is 2. The average Bonchev–Trinajstić information content (AvgIpc) is 3.42. The number of nitrogens with one attached hydrogen (secondary N) is 1. The number of benzene rings is 1. The third-order valence-corrected chi connectivity index (χ3v) is 5.26. The number of amides is 1. The third-order valence-electron chi connectivity index (χ3n) is 5.26. The van der Waals surface area contributed by atoms with Crippen molar-refractivity contribution in [2.24, 2.45) is 0 Å². The van der Waals surface area contributed by atoms with E-state index in [9.17, 15) is 9.59 Å². The quantitative estimate of drug-likeness (QED) is 0.672. The lowest BCUT2D eigenvalue weighted by atomic mass is 10.1. The molecule has 1 N–H and O–H groups in total. The third kappa shape index (κ3) is 4.84. The minimum atomic E-state index is -0.246. The van der Waals surface area contributed by atoms with Crippen LogP contribution < -0.4 is 10.9 Å². The highest BCUT2D eigenvalue weighted by Crippen LogP contribution is 2.19. The highest BCUT2D eigenvalue weighted by atomic mass is 16.4. The highest BCUT2D eigenvalue weighted by Gasteiger charge is 2.22. The predicted molar refractivity (Wildman–Crippen MR) is 111 cm³/mol. The number of likely N-dealkylation sites (tertiary alicyclic amines) is 1. The van der Waals surface area contributed by atoms with Crippen LogP contribution in [0.2, 0.25) is 0 Å². The van der Waals surface area contributed by atoms with Crippen LogP contribution in [0.15, 0.2) is 76.1 Å². The Balaban J connectivity index is 1.46. The van der Waals surface area contributed by atoms with Crippen LogP contribution in [0.25, 0.3) is 0 Å². The van der Waals surface area contributed by atoms with Gasteiger partial charge in [-0.1, -0.05) is 36.4 Å². The van der Waals surface area contributed by atoms with Gasteiger partial charge >= 0.3 is 0 Å². The van der Waals surface area contributed by atoms with Crippen LogP contribution in [-0.2, 0) is 6.54 Å². The Kier molecular flexibility index (Phi) is 5.91. The molecule has 0 saturated carbocycles. The lowest BCUT2D eigenvalue weighted by Crippen LogP contribution is -2.36. The van der Waals surface area contributed by atoms with Crippen molar-refractivity contribution < 1.29 is 9.21 Å². The number of hydrogen-bond acceptors (Lipinski definition) is 4. The summed E-state index contributed by atoms with van der Waals surface area (Å²) >= 11 is 0. The van der Waals surface area contributed by atoms with E-state index in [1.165, 1.54) is 18.9 Å². The SMILES string of the molecule is O=C(NC(CN1CCCC1)c1ccccc1)c1ccc(Cn2ccccc2=O)o1. The van der Waals surface area contributed by atoms with Crippen molar-refractivity contribution in [1.29, 1.82) is 0 Å². The molecular formula is C23H25N3O3. The van der Waals surface area contributed by atoms with Crippen molar-refractivity contribution >= 4 is 5.91 Å². The maximum Gasteiger partial charge on any atom is 0.287 e. The van der Waals surface area contributed by atoms with E-state index in [1.54, 1.807) is 35.0 Å². The van der Waals surface area contributed by atoms with Crippen LogP contribution in [0, 0.1) is 0 Å². The van der Waals surface area contributed by atoms with Crippen LogP contribution in [0.1, 0.15) is 40.8 Å². The Morgan fingerprint density at radius 1 is 1.00 bits per heavy atom. The summed E-state index contributed by atoms with van der Waals surface area (Å²) in [5.74, 6) is 0.579. The Labute approximate surface area is 169 Å². The van der Waals surface area contributed by atoms with E-state index >= 15 is 0 Å². The van der Waals surface area contributed by atoms with Crippen LogP contribution in [0.4, 0.5) is 0 Å². The molecule has 1 aromatic carbocycles. The van der Waals surface area contributed by atoms with Crippen molar-refractivity contribution in [3.8, 4) is 0 Å². The van der Waals surface area contributed by atoms with Gasteiger partial charge in [0, 0.05) is 18.8 Å². The molecule has 0 radical (unpaired) electrons. The van der Waals surface area contributed by atoms with Gasteiger partial charge in [-0.15, -0.1) is 0 Å². The molecule has 0 bridgehead atoms. The van der Waals surface area contributed by atoms with Crippen molar-refractivity contribution in [1.82, 2.24) is 14.8 Å². The number of aromatic nitrogens is 1. The van der Waals surface area contributed by atoms with Gasteiger partial charge in [-0.25, -0.2) is 0 Å². The van der Waals surface area contributed by atoms with Crippen LogP contribution in [0.5, 0.6) is 0 Å². The van der Waals surface area contributed by atoms with Gasteiger partial charge in [0.25, 0.3) is 11.5 Å². The second-order valence-corrected chi connectivity index (χ2v) is 7.38. The summed E-state index contributed by atoms with van der Waals surface area (Å²) < 4.78 is 7.27. The molecule has 4 rings (SSSR count). The molecule has 6 nitrogen and oxygen atoms in total. The molecule has 6 heteroatoms. The molecule has 1 unspecified atom stereocenters. The number of rotatable bonds is 7. The molecule has 1 aliphatic rings. The number of carbonyl (C=O) groups is 1. The number of hydrogen-bond donors (Lipinski definition) is 1. The zero-order chi connectivity index (χ0) is 20.1. The molecule has 0 aliphatic carbocycles. The second-order valence-electron chi connectivity index (χ2n) is 7.38. The molecule has 3 heterocycles. The predicted octanol–water partition coefficient (Wildman–Crippen LogP) is 3.06. The number of furan rings is 1. The van der Waals surface area contributed by atoms with E-state index in [0.29, 0.717) is 12.3 Å². The average molecular weight is 391 g/mol. The Morgan fingerprint density at radius 3 is 2.52 bits per heavy atom. The van der Waals surface area contributed by atoms with E-state index < -0.39 is 0 Å². The largest absolute Gasteiger partial charge is 0.454 e. The molecule has 1 aliphatic heterocycles. The minimum absolute atomic E-state index is 0.105. The van der Waals surface area contributed by atoms with E-state index in [-0.39, 0.29) is 23.3 Å². The van der Waals surface area contributed by atoms with Crippen LogP contribution in [0.3, 0.4) is 0 Å². The first kappa shape index (κ1) is 19.2. The van der Waals surface area contributed by atoms with Crippen LogP contribution in [-0.4, -0.2) is 35.0 Å². The molecule has 2 aromatic heterocycles. The maximum atomic E-state index is 12.8. The number of carbonyl (C=O) groups excluding carboxylic acids is 1. The van der Waals surface area contributed by atoms with Crippen molar-refractivity contribution in [3.63, 3.8) is 0 Å². The summed E-state index contributed by atoms with van der Waals surface area (Å²) in [6, 6.07) is 18.3. The van der Waals surface area contributed by atoms with Gasteiger partial charge in [0.2, 0.25) is 0 Å². The standard InChI is InChI=1S/C23H25N3O3/c27-22-10-4-5-15-26(22)16-19-11-12-21(29-19)23(28)24-20(17-25-13-6-7-14-25)18-8-2-1-3-9-18/h1-5,8-12,15,20H,6-7,13-14,16-17H2,(H,24,28). The summed E-state index contributed by atoms with van der Waals surface area (Å²) in [5, 5.41) is 3.12. The Bertz CT molecular complexity index is 1000. The lowest BCUT2D eigenvalue weighted by molar-refractivity contribution is 0.0897. The fourth-order valence-electron chi connectivity index (χ4n) is 3.72. The van der Waals surface area contributed by atoms with Crippen molar-refractivity contribution in [3.05, 3.63) is 94.3 Å². The van der Waals surface area contributed by atoms with Gasteiger partial charge in [-0.3, -0.25) is 9.59 Å². The first-order valence-corrected chi connectivity index (χ1v) is 10.0. The van der Waals surface area contributed by atoms with Crippen molar-refractivity contribution in [2.75, 3.05) is 19.6 Å². The fraction of sp³-hybridized carbons (Fsp3) is 0.304. The molecule has 3 aromatic rings. The van der Waals surface area contributed by atoms with Gasteiger partial charge in [0.05, 0.1) is 12.6 Å². The first-order chi connectivity index (χ1) is 14.2. The summed E-state index contributed by atoms with van der Waals surface area (Å²) in [4.78, 5) is 27.1. The molecule has 1 amide bonds. The van der Waals surface area contributed by atoms with E-state index in [4.69, 9.17) is 4.42 Å². The maximum absolute atomic E-state index is 12.8. The fourth-order valence-corrected chi connectivity index (χ4v) is 3.72. The Hall–Kier alpha value is -3.12. The molecule has 1 fully saturated rings. The molecule has 1 atom stereocenters. The monoisotopic (exact) mass is 391 g/mol. The summed E-state index contributed by atoms with van der Waals surface area (Å²) in [6.07, 6.45) is 4.11. The lowest BCUT2D eigenvalue weighted by Gasteiger charge is -2.24. The Morgan fingerprint density at radius 2 is 1.76 bits per heavy atom. The summed E-state index contributed by atoms with van der Waals surface area (Å²) in [7, 11) is 0. The molecule has 0 spiro atoms. The van der Waals surface area contributed by atoms with E-state index in [2.05, 4.69) is 10.2 Å². The molecule has 1 saturated heterocycles. The van der Waals surface area contributed by atoms with Gasteiger partial charge in [0.15, 0.2) is 5.76 Å². The summed E-state index contributed by atoms with van der Waals surface area (Å²) in [5.41, 5.74) is 0.972. The van der Waals surface area contributed by atoms with E-state index in [0.717, 1.165) is 25.2 Å². The van der Waals surface area contributed by atoms with Crippen LogP contribution >= 0.6 is 0 Å². The molecule has 150 valence electrons. The van der Waals surface area contributed by atoms with Gasteiger partial charge in [-0.2, -0.15) is 0 Å². The van der Waals surface area contributed by atoms with E-state index in [1.807, 2.05) is 30.3 Å². The van der Waals surface area contributed by atoms with Crippen molar-refractivity contribution in [2.45, 2.75) is 25.4 Å². The van der Waals surface area contributed by atoms with Gasteiger partial charge < -0.3 is 19.2 Å². The topological polar surface area (TPSA) is 67.5 Å².